The van der Waals surface area contributed by atoms with Gasteiger partial charge in [0.1, 0.15) is 18.8 Å². The lowest BCUT2D eigenvalue weighted by atomic mass is 9.44. The fourth-order valence-corrected chi connectivity index (χ4v) is 11.2. The molecule has 1 heterocycles. The van der Waals surface area contributed by atoms with Crippen LogP contribution in [-0.2, 0) is 44.7 Å². The van der Waals surface area contributed by atoms with Crippen LogP contribution < -0.4 is 27.4 Å². The quantitative estimate of drug-likeness (QED) is 0.107. The van der Waals surface area contributed by atoms with E-state index in [1.807, 2.05) is 6.92 Å². The van der Waals surface area contributed by atoms with E-state index in [0.29, 0.717) is 30.5 Å². The van der Waals surface area contributed by atoms with Crippen LogP contribution in [-0.4, -0.2) is 145 Å². The molecule has 0 bridgehead atoms. The number of benzene rings is 1. The van der Waals surface area contributed by atoms with E-state index in [2.05, 4.69) is 16.0 Å². The normalized spacial score (nSPS) is 31.4. The first-order chi connectivity index (χ1) is 32.9. The van der Waals surface area contributed by atoms with Gasteiger partial charge in [-0.3, -0.25) is 19.2 Å². The number of anilines is 1. The molecule has 0 aromatic heterocycles. The van der Waals surface area contributed by atoms with Gasteiger partial charge in [0.05, 0.1) is 18.2 Å². The number of carbonyl (C=O) groups excluding carboxylic acids is 7. The van der Waals surface area contributed by atoms with Crippen molar-refractivity contribution in [1.29, 1.82) is 0 Å². The molecule has 5 aliphatic rings. The topological polar surface area (TPSA) is 271 Å². The molecule has 1 saturated heterocycles. The molecule has 0 radical (unpaired) electrons. The highest BCUT2D eigenvalue weighted by atomic mass is 19.1. The number of primary amides is 1. The molecule has 8 N–H and O–H groups in total. The first-order valence-electron chi connectivity index (χ1n) is 24.0. The molecule has 4 aliphatic carbocycles. The van der Waals surface area contributed by atoms with Crippen molar-refractivity contribution in [3.63, 3.8) is 0 Å². The number of fused-ring (bicyclic) bond motifs is 7. The van der Waals surface area contributed by atoms with Gasteiger partial charge in [0.15, 0.2) is 29.9 Å². The van der Waals surface area contributed by atoms with Crippen LogP contribution in [0.1, 0.15) is 85.1 Å². The van der Waals surface area contributed by atoms with Gasteiger partial charge in [0, 0.05) is 56.2 Å². The Morgan fingerprint density at radius 2 is 1.64 bits per heavy atom. The number of aliphatic hydroxyl groups is 1. The number of urea groups is 1. The van der Waals surface area contributed by atoms with Gasteiger partial charge in [-0.1, -0.05) is 52.3 Å². The third-order valence-electron chi connectivity index (χ3n) is 15.3. The zero-order valence-electron chi connectivity index (χ0n) is 41.0. The Kier molecular flexibility index (Phi) is 16.5. The summed E-state index contributed by atoms with van der Waals surface area (Å²) >= 11 is 0. The van der Waals surface area contributed by atoms with E-state index in [1.165, 1.54) is 43.0 Å². The number of likely N-dealkylation sites (N-methyl/N-ethyl adjacent to an activating group) is 2. The Labute approximate surface area is 406 Å². The summed E-state index contributed by atoms with van der Waals surface area (Å²) in [5.74, 6) is -4.02. The molecule has 12 atom stereocenters. The van der Waals surface area contributed by atoms with Crippen LogP contribution in [0.2, 0.25) is 0 Å². The molecule has 1 aromatic rings. The molecule has 4 fully saturated rings. The third kappa shape index (κ3) is 10.3. The summed E-state index contributed by atoms with van der Waals surface area (Å²) in [5.41, 5.74) is 5.08. The van der Waals surface area contributed by atoms with Crippen LogP contribution in [0.25, 0.3) is 0 Å². The van der Waals surface area contributed by atoms with Crippen LogP contribution in [0.5, 0.6) is 0 Å². The molecule has 21 heteroatoms. The Hall–Kier alpha value is -5.51. The van der Waals surface area contributed by atoms with Crippen LogP contribution in [0.3, 0.4) is 0 Å². The summed E-state index contributed by atoms with van der Waals surface area (Å²) in [6.45, 7) is 8.05. The van der Waals surface area contributed by atoms with Gasteiger partial charge < -0.3 is 61.3 Å². The summed E-state index contributed by atoms with van der Waals surface area (Å²) in [4.78, 5) is 92.5. The van der Waals surface area contributed by atoms with Crippen LogP contribution in [0, 0.1) is 28.6 Å². The standard InChI is InChI=1S/C49H69F2N7O12/c1-8-10-39-69-38-23-31-32-22-34(50)33-21-30(59)16-17-46(33,4)48(32,51)36(60)24-47(31,5)49(38,70-39)37(61)26-68-45(66)58(7)20-19-57(6)44(65)67-25-28-12-14-29(15-13-28)55-41(62)35(11-9-18-54-43(53)64)56-42(63)40(52)27(2)3/h12-17,21,27,31-32,34-36,38-40,60H,8-11,18-20,22-26,52H2,1-7H3,(H,55,62)(H,56,63)(H3,53,54,64)/t31-,32-,34-,35-,36-,38+,39?,40-,46-,47-,48-,49+/m0/s1. The van der Waals surface area contributed by atoms with Gasteiger partial charge in [-0.2, -0.15) is 0 Å². The summed E-state index contributed by atoms with van der Waals surface area (Å²) in [5, 5.41) is 19.7. The molecular weight excluding hydrogens is 917 g/mol. The monoisotopic (exact) mass is 985 g/mol. The molecule has 19 nitrogen and oxygen atoms in total. The van der Waals surface area contributed by atoms with E-state index in [4.69, 9.17) is 30.4 Å². The maximum Gasteiger partial charge on any atom is 0.409 e. The Morgan fingerprint density at radius 3 is 2.27 bits per heavy atom. The summed E-state index contributed by atoms with van der Waals surface area (Å²) in [6.07, 6.45) is -1.74. The molecule has 1 unspecified atom stereocenters. The molecule has 70 heavy (non-hydrogen) atoms. The van der Waals surface area contributed by atoms with E-state index in [1.54, 1.807) is 45.0 Å². The highest BCUT2D eigenvalue weighted by molar-refractivity contribution is 6.01. The second-order valence-corrected chi connectivity index (χ2v) is 20.1. The van der Waals surface area contributed by atoms with E-state index < -0.39 is 119 Å². The molecule has 1 aromatic carbocycles. The fraction of sp³-hybridized carbons (Fsp3) is 0.653. The predicted octanol–water partition coefficient (Wildman–Crippen LogP) is 3.96. The third-order valence-corrected chi connectivity index (χ3v) is 15.3. The molecular formula is C49H69F2N7O12. The second kappa shape index (κ2) is 21.5. The average Bonchev–Trinajstić information content (AvgIpc) is 3.80. The lowest BCUT2D eigenvalue weighted by Gasteiger charge is -2.63. The number of ether oxygens (including phenoxy) is 4. The van der Waals surface area contributed by atoms with Crippen molar-refractivity contribution in [2.24, 2.45) is 40.1 Å². The molecule has 386 valence electrons. The SMILES string of the molecule is CCCC1O[C@@H]2C[C@H]3[C@@H]4C[C@H](F)C5=CC(=O)C=C[C@]5(C)[C@@]4(F)[C@@H](O)C[C@]3(C)[C@]2(C(=O)COC(=O)N(C)CCN(C)C(=O)OCc2ccc(NC(=O)[C@H](CCCNC(N)=O)NC(=O)[C@@H](N)C(C)C)cc2)O1. The van der Waals surface area contributed by atoms with Crippen molar-refractivity contribution in [2.75, 3.05) is 45.7 Å². The number of allylic oxidation sites excluding steroid dienone is 4. The number of halogens is 2. The summed E-state index contributed by atoms with van der Waals surface area (Å²) < 4.78 is 57.7. The zero-order chi connectivity index (χ0) is 51.5. The van der Waals surface area contributed by atoms with Gasteiger partial charge in [-0.05, 0) is 92.7 Å². The number of alkyl halides is 2. The van der Waals surface area contributed by atoms with Crippen LogP contribution in [0.15, 0.2) is 48.1 Å². The number of hydrogen-bond acceptors (Lipinski definition) is 13. The maximum absolute atomic E-state index is 17.8. The number of nitrogens with one attached hydrogen (secondary N) is 3. The van der Waals surface area contributed by atoms with Crippen molar-refractivity contribution in [1.82, 2.24) is 20.4 Å². The van der Waals surface area contributed by atoms with Gasteiger partial charge in [-0.15, -0.1) is 0 Å². The fourth-order valence-electron chi connectivity index (χ4n) is 11.2. The first-order valence-corrected chi connectivity index (χ1v) is 24.0. The molecule has 1 aliphatic heterocycles. The van der Waals surface area contributed by atoms with Gasteiger partial charge in [0.2, 0.25) is 17.6 Å². The zero-order valence-corrected chi connectivity index (χ0v) is 41.0. The Morgan fingerprint density at radius 1 is 0.986 bits per heavy atom. The lowest BCUT2D eigenvalue weighted by Crippen LogP contribution is -2.71. The van der Waals surface area contributed by atoms with Crippen molar-refractivity contribution < 1.29 is 66.4 Å². The lowest BCUT2D eigenvalue weighted by molar-refractivity contribution is -0.234. The van der Waals surface area contributed by atoms with E-state index in [9.17, 15) is 38.7 Å². The summed E-state index contributed by atoms with van der Waals surface area (Å²) in [7, 11) is 2.90. The van der Waals surface area contributed by atoms with Crippen molar-refractivity contribution in [3.8, 4) is 0 Å². The van der Waals surface area contributed by atoms with E-state index in [0.717, 1.165) is 6.08 Å². The molecule has 6 amide bonds. The number of rotatable bonds is 19. The number of hydrogen-bond donors (Lipinski definition) is 6. The number of aliphatic hydroxyl groups excluding tert-OH is 1. The maximum atomic E-state index is 17.8. The van der Waals surface area contributed by atoms with Crippen molar-refractivity contribution in [3.05, 3.63) is 53.6 Å². The highest BCUT2D eigenvalue weighted by Crippen LogP contribution is 2.72. The van der Waals surface area contributed by atoms with Gasteiger partial charge in [0.25, 0.3) is 0 Å². The van der Waals surface area contributed by atoms with Crippen LogP contribution >= 0.6 is 0 Å². The minimum Gasteiger partial charge on any atom is -0.445 e. The Balaban J connectivity index is 1.01. The minimum absolute atomic E-state index is 0.0120. The van der Waals surface area contributed by atoms with Gasteiger partial charge >= 0.3 is 18.2 Å². The van der Waals surface area contributed by atoms with E-state index >= 15 is 8.78 Å². The minimum atomic E-state index is -2.37. The molecule has 3 saturated carbocycles. The number of nitrogens with two attached hydrogens (primary N) is 2. The molecule has 6 rings (SSSR count). The predicted molar refractivity (Wildman–Crippen MR) is 250 cm³/mol. The van der Waals surface area contributed by atoms with E-state index in [-0.39, 0.29) is 63.4 Å². The number of nitrogens with zero attached hydrogens (tertiary/aromatic N) is 2. The molecule has 0 spiro atoms. The average molecular weight is 986 g/mol. The Bertz CT molecular complexity index is 2230. The van der Waals surface area contributed by atoms with Crippen molar-refractivity contribution in [2.45, 2.75) is 134 Å². The number of carbonyl (C=O) groups is 7. The highest BCUT2D eigenvalue weighted by Gasteiger charge is 2.80. The van der Waals surface area contributed by atoms with Crippen LogP contribution in [0.4, 0.5) is 28.9 Å². The number of ketones is 2. The summed E-state index contributed by atoms with van der Waals surface area (Å²) in [6, 6.07) is 3.97. The first kappa shape index (κ1) is 53.8. The largest absolute Gasteiger partial charge is 0.445 e. The number of Topliss-reactive ketones (excluding diaryl/α,β-unsaturated/α-hetero) is 1. The number of amides is 6. The smallest absolute Gasteiger partial charge is 0.409 e. The second-order valence-electron chi connectivity index (χ2n) is 20.1. The van der Waals surface area contributed by atoms with Gasteiger partial charge in [-0.25, -0.2) is 23.2 Å². The van der Waals surface area contributed by atoms with Crippen molar-refractivity contribution >= 4 is 47.3 Å².